The molecule has 2 rings (SSSR count). The van der Waals surface area contributed by atoms with Crippen molar-refractivity contribution in [1.29, 1.82) is 0 Å². The van der Waals surface area contributed by atoms with E-state index < -0.39 is 0 Å². The second kappa shape index (κ2) is 6.95. The van der Waals surface area contributed by atoms with Gasteiger partial charge in [0.25, 0.3) is 0 Å². The van der Waals surface area contributed by atoms with Crippen LogP contribution in [0.5, 0.6) is 0 Å². The minimum Gasteiger partial charge on any atom is -0.469 e. The Hall–Kier alpha value is -1.54. The SMILES string of the molecule is CCNC(CCc1ccco1)c1ccc(C(C)(C)C)cc1. The highest BCUT2D eigenvalue weighted by Gasteiger charge is 2.15. The van der Waals surface area contributed by atoms with Crippen LogP contribution in [-0.4, -0.2) is 6.54 Å². The molecule has 2 aromatic rings. The topological polar surface area (TPSA) is 25.2 Å². The van der Waals surface area contributed by atoms with Crippen LogP contribution in [0.1, 0.15) is 57.0 Å². The fourth-order valence-corrected chi connectivity index (χ4v) is 2.59. The maximum Gasteiger partial charge on any atom is 0.103 e. The molecule has 2 nitrogen and oxygen atoms in total. The van der Waals surface area contributed by atoms with Gasteiger partial charge in [-0.15, -0.1) is 0 Å². The van der Waals surface area contributed by atoms with Gasteiger partial charge in [-0.05, 0) is 41.6 Å². The number of hydrogen-bond donors (Lipinski definition) is 1. The van der Waals surface area contributed by atoms with Gasteiger partial charge in [0.05, 0.1) is 6.26 Å². The molecule has 0 aliphatic rings. The highest BCUT2D eigenvalue weighted by molar-refractivity contribution is 5.29. The van der Waals surface area contributed by atoms with E-state index in [0.717, 1.165) is 25.1 Å². The lowest BCUT2D eigenvalue weighted by molar-refractivity contribution is 0.458. The van der Waals surface area contributed by atoms with Crippen molar-refractivity contribution in [3.05, 3.63) is 59.5 Å². The molecular formula is C19H27NO. The van der Waals surface area contributed by atoms with Gasteiger partial charge in [0.15, 0.2) is 0 Å². The first kappa shape index (κ1) is 15.8. The Bertz CT molecular complexity index is 520. The van der Waals surface area contributed by atoms with E-state index in [9.17, 15) is 0 Å². The lowest BCUT2D eigenvalue weighted by atomic mass is 9.86. The van der Waals surface area contributed by atoms with Gasteiger partial charge in [0.2, 0.25) is 0 Å². The van der Waals surface area contributed by atoms with Gasteiger partial charge in [-0.25, -0.2) is 0 Å². The molecule has 2 heteroatoms. The van der Waals surface area contributed by atoms with Gasteiger partial charge in [0.1, 0.15) is 5.76 Å². The molecule has 0 bridgehead atoms. The van der Waals surface area contributed by atoms with E-state index in [1.807, 2.05) is 12.1 Å². The third-order valence-corrected chi connectivity index (χ3v) is 3.89. The molecule has 0 saturated heterocycles. The maximum absolute atomic E-state index is 5.43. The number of aryl methyl sites for hydroxylation is 1. The Morgan fingerprint density at radius 3 is 2.33 bits per heavy atom. The molecule has 1 aromatic heterocycles. The summed E-state index contributed by atoms with van der Waals surface area (Å²) in [5, 5.41) is 3.58. The van der Waals surface area contributed by atoms with Crippen LogP contribution in [0.25, 0.3) is 0 Å². The summed E-state index contributed by atoms with van der Waals surface area (Å²) in [5.74, 6) is 1.06. The summed E-state index contributed by atoms with van der Waals surface area (Å²) in [6.45, 7) is 9.88. The molecule has 1 aromatic carbocycles. The number of benzene rings is 1. The van der Waals surface area contributed by atoms with Gasteiger partial charge in [-0.3, -0.25) is 0 Å². The Labute approximate surface area is 128 Å². The van der Waals surface area contributed by atoms with Gasteiger partial charge in [0, 0.05) is 12.5 Å². The van der Waals surface area contributed by atoms with E-state index in [0.29, 0.717) is 6.04 Å². The quantitative estimate of drug-likeness (QED) is 0.820. The summed E-state index contributed by atoms with van der Waals surface area (Å²) in [6, 6.07) is 13.4. The van der Waals surface area contributed by atoms with Crippen LogP contribution in [0, 0.1) is 0 Å². The lowest BCUT2D eigenvalue weighted by Crippen LogP contribution is -2.21. The van der Waals surface area contributed by atoms with Crippen LogP contribution in [0.2, 0.25) is 0 Å². The molecule has 0 amide bonds. The first-order valence-corrected chi connectivity index (χ1v) is 7.87. The van der Waals surface area contributed by atoms with Crippen LogP contribution in [0.15, 0.2) is 47.1 Å². The third-order valence-electron chi connectivity index (χ3n) is 3.89. The average Bonchev–Trinajstić information content (AvgIpc) is 2.96. The fourth-order valence-electron chi connectivity index (χ4n) is 2.59. The van der Waals surface area contributed by atoms with Crippen molar-refractivity contribution in [3.63, 3.8) is 0 Å². The third kappa shape index (κ3) is 4.47. The van der Waals surface area contributed by atoms with E-state index in [2.05, 4.69) is 57.3 Å². The molecular weight excluding hydrogens is 258 g/mol. The summed E-state index contributed by atoms with van der Waals surface area (Å²) in [6.07, 6.45) is 3.76. The van der Waals surface area contributed by atoms with E-state index in [1.54, 1.807) is 6.26 Å². The van der Waals surface area contributed by atoms with Gasteiger partial charge in [-0.1, -0.05) is 52.0 Å². The summed E-state index contributed by atoms with van der Waals surface area (Å²) >= 11 is 0. The molecule has 0 fully saturated rings. The summed E-state index contributed by atoms with van der Waals surface area (Å²) < 4.78 is 5.43. The van der Waals surface area contributed by atoms with Crippen LogP contribution in [0.4, 0.5) is 0 Å². The highest BCUT2D eigenvalue weighted by Crippen LogP contribution is 2.25. The van der Waals surface area contributed by atoms with Gasteiger partial charge >= 0.3 is 0 Å². The molecule has 114 valence electrons. The molecule has 1 atom stereocenters. The standard InChI is InChI=1S/C19H27NO/c1-5-20-18(13-12-17-7-6-14-21-17)15-8-10-16(11-9-15)19(2,3)4/h6-11,14,18,20H,5,12-13H2,1-4H3. The second-order valence-corrected chi connectivity index (χ2v) is 6.60. The molecule has 21 heavy (non-hydrogen) atoms. The first-order chi connectivity index (χ1) is 10.0. The maximum atomic E-state index is 5.43. The van der Waals surface area contributed by atoms with Crippen LogP contribution in [0.3, 0.4) is 0 Å². The smallest absolute Gasteiger partial charge is 0.103 e. The molecule has 0 saturated carbocycles. The van der Waals surface area contributed by atoms with E-state index in [1.165, 1.54) is 11.1 Å². The van der Waals surface area contributed by atoms with Gasteiger partial charge < -0.3 is 9.73 Å². The zero-order valence-corrected chi connectivity index (χ0v) is 13.6. The second-order valence-electron chi connectivity index (χ2n) is 6.60. The minimum absolute atomic E-state index is 0.209. The van der Waals surface area contributed by atoms with Crippen molar-refractivity contribution in [3.8, 4) is 0 Å². The summed E-state index contributed by atoms with van der Waals surface area (Å²) in [5.41, 5.74) is 2.95. The molecule has 0 aliphatic carbocycles. The van der Waals surface area contributed by atoms with Crippen molar-refractivity contribution >= 4 is 0 Å². The van der Waals surface area contributed by atoms with Crippen LogP contribution in [-0.2, 0) is 11.8 Å². The predicted molar refractivity (Wildman–Crippen MR) is 88.6 cm³/mol. The Balaban J connectivity index is 2.06. The molecule has 1 heterocycles. The first-order valence-electron chi connectivity index (χ1n) is 7.87. The van der Waals surface area contributed by atoms with Crippen molar-refractivity contribution in [2.75, 3.05) is 6.54 Å². The highest BCUT2D eigenvalue weighted by atomic mass is 16.3. The largest absolute Gasteiger partial charge is 0.469 e. The zero-order chi connectivity index (χ0) is 15.3. The molecule has 0 aliphatic heterocycles. The average molecular weight is 285 g/mol. The van der Waals surface area contributed by atoms with Crippen molar-refractivity contribution in [2.24, 2.45) is 0 Å². The predicted octanol–water partition coefficient (Wildman–Crippen LogP) is 4.86. The lowest BCUT2D eigenvalue weighted by Gasteiger charge is -2.22. The van der Waals surface area contributed by atoms with Crippen molar-refractivity contribution < 1.29 is 4.42 Å². The Morgan fingerprint density at radius 2 is 1.81 bits per heavy atom. The molecule has 1 unspecified atom stereocenters. The van der Waals surface area contributed by atoms with Crippen LogP contribution < -0.4 is 5.32 Å². The monoisotopic (exact) mass is 285 g/mol. The normalized spacial score (nSPS) is 13.3. The zero-order valence-electron chi connectivity index (χ0n) is 13.6. The number of furan rings is 1. The molecule has 0 spiro atoms. The molecule has 0 radical (unpaired) electrons. The molecule has 1 N–H and O–H groups in total. The fraction of sp³-hybridized carbons (Fsp3) is 0.474. The Morgan fingerprint density at radius 1 is 1.10 bits per heavy atom. The summed E-state index contributed by atoms with van der Waals surface area (Å²) in [7, 11) is 0. The minimum atomic E-state index is 0.209. The Kier molecular flexibility index (Phi) is 5.24. The van der Waals surface area contributed by atoms with E-state index in [-0.39, 0.29) is 5.41 Å². The van der Waals surface area contributed by atoms with Crippen molar-refractivity contribution in [2.45, 2.75) is 52.0 Å². The number of nitrogens with one attached hydrogen (secondary N) is 1. The van der Waals surface area contributed by atoms with E-state index in [4.69, 9.17) is 4.42 Å². The van der Waals surface area contributed by atoms with Crippen LogP contribution >= 0.6 is 0 Å². The van der Waals surface area contributed by atoms with Gasteiger partial charge in [-0.2, -0.15) is 0 Å². The number of rotatable bonds is 6. The van der Waals surface area contributed by atoms with E-state index >= 15 is 0 Å². The summed E-state index contributed by atoms with van der Waals surface area (Å²) in [4.78, 5) is 0. The van der Waals surface area contributed by atoms with Crippen molar-refractivity contribution in [1.82, 2.24) is 5.32 Å². The number of hydrogen-bond acceptors (Lipinski definition) is 2.